The first kappa shape index (κ1) is 21.9. The zero-order valence-electron chi connectivity index (χ0n) is 18.5. The lowest BCUT2D eigenvalue weighted by Crippen LogP contribution is -2.50. The highest BCUT2D eigenvalue weighted by Crippen LogP contribution is 2.43. The fourth-order valence-electron chi connectivity index (χ4n) is 5.28. The number of nitrogens with one attached hydrogen (secondary N) is 1. The summed E-state index contributed by atoms with van der Waals surface area (Å²) in [7, 11) is 0. The highest BCUT2D eigenvalue weighted by atomic mass is 16.6. The van der Waals surface area contributed by atoms with Crippen LogP contribution in [0.25, 0.3) is 0 Å². The first-order chi connectivity index (χ1) is 14.9. The Morgan fingerprint density at radius 3 is 2.68 bits per heavy atom. The Balaban J connectivity index is 1.39. The molecule has 0 aromatic carbocycles. The smallest absolute Gasteiger partial charge is 0.411 e. The molecule has 8 nitrogen and oxygen atoms in total. The maximum absolute atomic E-state index is 13.5. The van der Waals surface area contributed by atoms with Crippen LogP contribution in [-0.4, -0.2) is 64.9 Å². The zero-order valence-corrected chi connectivity index (χ0v) is 18.5. The van der Waals surface area contributed by atoms with Crippen LogP contribution < -0.4 is 10.2 Å². The lowest BCUT2D eigenvalue weighted by molar-refractivity contribution is -0.139. The molecule has 1 aromatic rings. The second-order valence-electron chi connectivity index (χ2n) is 9.50. The van der Waals surface area contributed by atoms with Crippen molar-refractivity contribution in [2.24, 2.45) is 5.41 Å². The van der Waals surface area contributed by atoms with E-state index in [2.05, 4.69) is 20.1 Å². The lowest BCUT2D eigenvalue weighted by atomic mass is 9.78. The van der Waals surface area contributed by atoms with Gasteiger partial charge in [-0.2, -0.15) is 0 Å². The van der Waals surface area contributed by atoms with Crippen LogP contribution in [0.15, 0.2) is 18.3 Å². The standard InChI is InChI=1S/C23H34N4O4/c1-16(2)31-22(30)25-17-4-9-20(24-14-17)26-12-3-10-23(15-26)11-13-27(21(23)29)18-5-7-19(28)8-6-18/h4,9,14,16,18-19,28H,3,5-8,10-13,15H2,1-2H3,(H,25,30). The van der Waals surface area contributed by atoms with Gasteiger partial charge in [0.1, 0.15) is 5.82 Å². The topological polar surface area (TPSA) is 95.0 Å². The number of hydrogen-bond acceptors (Lipinski definition) is 6. The number of hydrogen-bond donors (Lipinski definition) is 2. The fraction of sp³-hybridized carbons (Fsp3) is 0.696. The molecule has 2 N–H and O–H groups in total. The zero-order chi connectivity index (χ0) is 22.0. The number of aliphatic hydroxyl groups is 1. The number of piperidine rings is 1. The van der Waals surface area contributed by atoms with E-state index in [0.29, 0.717) is 12.2 Å². The molecule has 2 aliphatic heterocycles. The second-order valence-corrected chi connectivity index (χ2v) is 9.50. The molecule has 3 fully saturated rings. The number of pyridine rings is 1. The number of aromatic nitrogens is 1. The molecule has 1 aliphatic carbocycles. The summed E-state index contributed by atoms with van der Waals surface area (Å²) in [5.74, 6) is 1.11. The van der Waals surface area contributed by atoms with Crippen LogP contribution in [0.5, 0.6) is 0 Å². The minimum atomic E-state index is -0.492. The molecule has 1 spiro atoms. The Morgan fingerprint density at radius 2 is 2.00 bits per heavy atom. The maximum Gasteiger partial charge on any atom is 0.411 e. The van der Waals surface area contributed by atoms with Crippen LogP contribution in [-0.2, 0) is 9.53 Å². The predicted molar refractivity (Wildman–Crippen MR) is 118 cm³/mol. The summed E-state index contributed by atoms with van der Waals surface area (Å²) in [5.41, 5.74) is 0.261. The molecule has 1 saturated carbocycles. The van der Waals surface area contributed by atoms with Gasteiger partial charge in [-0.25, -0.2) is 9.78 Å². The number of amides is 2. The summed E-state index contributed by atoms with van der Waals surface area (Å²) in [6.45, 7) is 5.99. The molecule has 1 unspecified atom stereocenters. The number of rotatable bonds is 4. The van der Waals surface area contributed by atoms with Crippen LogP contribution in [0.2, 0.25) is 0 Å². The van der Waals surface area contributed by atoms with Gasteiger partial charge >= 0.3 is 6.09 Å². The third kappa shape index (κ3) is 4.79. The van der Waals surface area contributed by atoms with Gasteiger partial charge < -0.3 is 19.6 Å². The van der Waals surface area contributed by atoms with E-state index >= 15 is 0 Å². The minimum absolute atomic E-state index is 0.182. The van der Waals surface area contributed by atoms with Crippen molar-refractivity contribution in [1.29, 1.82) is 0 Å². The van der Waals surface area contributed by atoms with Crippen LogP contribution in [0.3, 0.4) is 0 Å². The summed E-state index contributed by atoms with van der Waals surface area (Å²) in [5, 5.41) is 12.5. The first-order valence-electron chi connectivity index (χ1n) is 11.5. The van der Waals surface area contributed by atoms with Gasteiger partial charge in [-0.05, 0) is 70.9 Å². The van der Waals surface area contributed by atoms with E-state index in [1.165, 1.54) is 0 Å². The normalized spacial score (nSPS) is 29.0. The van der Waals surface area contributed by atoms with Gasteiger partial charge in [0.25, 0.3) is 0 Å². The summed E-state index contributed by atoms with van der Waals surface area (Å²) in [6, 6.07) is 3.99. The van der Waals surface area contributed by atoms with Crippen molar-refractivity contribution in [2.45, 2.75) is 77.0 Å². The first-order valence-corrected chi connectivity index (χ1v) is 11.5. The van der Waals surface area contributed by atoms with E-state index in [0.717, 1.165) is 63.9 Å². The van der Waals surface area contributed by atoms with Crippen LogP contribution in [0.4, 0.5) is 16.3 Å². The number of carbonyl (C=O) groups excluding carboxylic acids is 2. The Labute approximate surface area is 184 Å². The van der Waals surface area contributed by atoms with Crippen molar-refractivity contribution in [3.8, 4) is 0 Å². The number of carbonyl (C=O) groups is 2. The Hall–Kier alpha value is -2.35. The maximum atomic E-state index is 13.5. The quantitative estimate of drug-likeness (QED) is 0.762. The van der Waals surface area contributed by atoms with Crippen molar-refractivity contribution < 1.29 is 19.4 Å². The monoisotopic (exact) mass is 430 g/mol. The Morgan fingerprint density at radius 1 is 1.23 bits per heavy atom. The van der Waals surface area contributed by atoms with Gasteiger partial charge in [0, 0.05) is 25.7 Å². The van der Waals surface area contributed by atoms with Crippen molar-refractivity contribution in [3.63, 3.8) is 0 Å². The Kier molecular flexibility index (Phi) is 6.36. The van der Waals surface area contributed by atoms with E-state index in [9.17, 15) is 14.7 Å². The van der Waals surface area contributed by atoms with Gasteiger partial charge in [-0.1, -0.05) is 0 Å². The van der Waals surface area contributed by atoms with Crippen LogP contribution in [0.1, 0.15) is 58.8 Å². The second kappa shape index (κ2) is 9.02. The van der Waals surface area contributed by atoms with Crippen molar-refractivity contribution in [1.82, 2.24) is 9.88 Å². The predicted octanol–water partition coefficient (Wildman–Crippen LogP) is 3.16. The molecule has 1 aromatic heterocycles. The number of anilines is 2. The highest BCUT2D eigenvalue weighted by molar-refractivity contribution is 5.86. The van der Waals surface area contributed by atoms with Crippen molar-refractivity contribution >= 4 is 23.5 Å². The summed E-state index contributed by atoms with van der Waals surface area (Å²) in [6.07, 6.45) is 6.93. The van der Waals surface area contributed by atoms with E-state index in [1.54, 1.807) is 20.0 Å². The van der Waals surface area contributed by atoms with Gasteiger partial charge in [0.05, 0.1) is 29.5 Å². The van der Waals surface area contributed by atoms with Crippen molar-refractivity contribution in [2.75, 3.05) is 29.9 Å². The molecule has 0 bridgehead atoms. The van der Waals surface area contributed by atoms with E-state index < -0.39 is 6.09 Å². The summed E-state index contributed by atoms with van der Waals surface area (Å²) < 4.78 is 5.10. The molecular formula is C23H34N4O4. The average Bonchev–Trinajstić information content (AvgIpc) is 3.04. The van der Waals surface area contributed by atoms with Crippen LogP contribution >= 0.6 is 0 Å². The molecule has 2 saturated heterocycles. The molecule has 170 valence electrons. The molecule has 31 heavy (non-hydrogen) atoms. The summed E-state index contributed by atoms with van der Waals surface area (Å²) in [4.78, 5) is 34.1. The van der Waals surface area contributed by atoms with Gasteiger partial charge in [-0.3, -0.25) is 10.1 Å². The molecule has 0 radical (unpaired) electrons. The minimum Gasteiger partial charge on any atom is -0.447 e. The van der Waals surface area contributed by atoms with Gasteiger partial charge in [0.2, 0.25) is 5.91 Å². The van der Waals surface area contributed by atoms with Gasteiger partial charge in [0.15, 0.2) is 0 Å². The summed E-state index contributed by atoms with van der Waals surface area (Å²) >= 11 is 0. The molecule has 4 rings (SSSR count). The van der Waals surface area contributed by atoms with Gasteiger partial charge in [-0.15, -0.1) is 0 Å². The Bertz CT molecular complexity index is 791. The van der Waals surface area contributed by atoms with Crippen LogP contribution in [0, 0.1) is 5.41 Å². The SMILES string of the molecule is CC(C)OC(=O)Nc1ccc(N2CCCC3(CCN(C4CCC(O)CC4)C3=O)C2)nc1. The fourth-order valence-corrected chi connectivity index (χ4v) is 5.28. The highest BCUT2D eigenvalue weighted by Gasteiger charge is 2.50. The molecule has 2 amide bonds. The third-order valence-corrected chi connectivity index (χ3v) is 6.89. The van der Waals surface area contributed by atoms with E-state index in [1.807, 2.05) is 12.1 Å². The number of likely N-dealkylation sites (tertiary alicyclic amines) is 1. The van der Waals surface area contributed by atoms with E-state index in [-0.39, 0.29) is 29.6 Å². The molecule has 1 atom stereocenters. The van der Waals surface area contributed by atoms with Crippen molar-refractivity contribution in [3.05, 3.63) is 18.3 Å². The average molecular weight is 431 g/mol. The molecule has 3 aliphatic rings. The lowest BCUT2D eigenvalue weighted by Gasteiger charge is -2.41. The molecular weight excluding hydrogens is 396 g/mol. The number of aliphatic hydroxyl groups excluding tert-OH is 1. The largest absolute Gasteiger partial charge is 0.447 e. The number of nitrogens with zero attached hydrogens (tertiary/aromatic N) is 3. The molecule has 3 heterocycles. The third-order valence-electron chi connectivity index (χ3n) is 6.89. The van der Waals surface area contributed by atoms with E-state index in [4.69, 9.17) is 4.74 Å². The number of ether oxygens (including phenoxy) is 1. The molecule has 8 heteroatoms.